The quantitative estimate of drug-likeness (QED) is 0.460. The van der Waals surface area contributed by atoms with Gasteiger partial charge in [0.2, 0.25) is 5.91 Å². The number of hydroxylamine groups is 2. The maximum atomic E-state index is 13.4. The van der Waals surface area contributed by atoms with Crippen LogP contribution < -0.4 is 4.74 Å². The molecular weight excluding hydrogens is 280 g/mol. The highest BCUT2D eigenvalue weighted by Gasteiger charge is 2.14. The van der Waals surface area contributed by atoms with Crippen molar-refractivity contribution in [3.8, 4) is 5.75 Å². The third-order valence-corrected chi connectivity index (χ3v) is 2.70. The van der Waals surface area contributed by atoms with E-state index >= 15 is 0 Å². The number of nitrogens with zero attached hydrogens (tertiary/aromatic N) is 1. The van der Waals surface area contributed by atoms with Crippen LogP contribution in [0.25, 0.3) is 0 Å². The van der Waals surface area contributed by atoms with E-state index in [1.807, 2.05) is 0 Å². The van der Waals surface area contributed by atoms with Gasteiger partial charge >= 0.3 is 0 Å². The highest BCUT2D eigenvalue weighted by molar-refractivity contribution is 6.30. The minimum Gasteiger partial charge on any atom is -0.488 e. The Labute approximate surface area is 114 Å². The summed E-state index contributed by atoms with van der Waals surface area (Å²) in [6.07, 6.45) is 0.450. The third-order valence-electron chi connectivity index (χ3n) is 2.41. The molecule has 7 heteroatoms. The van der Waals surface area contributed by atoms with Gasteiger partial charge in [0.25, 0.3) is 0 Å². The van der Waals surface area contributed by atoms with Crippen molar-refractivity contribution in [3.63, 3.8) is 0 Å². The van der Waals surface area contributed by atoms with Crippen LogP contribution in [0.4, 0.5) is 8.78 Å². The predicted molar refractivity (Wildman–Crippen MR) is 65.9 cm³/mol. The number of halogens is 3. The van der Waals surface area contributed by atoms with E-state index in [1.54, 1.807) is 0 Å². The monoisotopic (exact) mass is 293 g/mol. The van der Waals surface area contributed by atoms with Gasteiger partial charge in [-0.15, -0.1) is 0 Å². The first kappa shape index (κ1) is 15.7. The largest absolute Gasteiger partial charge is 0.488 e. The Morgan fingerprint density at radius 3 is 2.74 bits per heavy atom. The lowest BCUT2D eigenvalue weighted by molar-refractivity contribution is -0.168. The Kier molecular flexibility index (Phi) is 5.98. The van der Waals surface area contributed by atoms with Gasteiger partial charge in [-0.25, -0.2) is 13.8 Å². The second-order valence-electron chi connectivity index (χ2n) is 3.70. The number of hydrogen-bond acceptors (Lipinski definition) is 3. The minimum absolute atomic E-state index is 0.00250. The number of hydrogen-bond donors (Lipinski definition) is 0. The molecule has 0 saturated carbocycles. The molecule has 0 fully saturated rings. The summed E-state index contributed by atoms with van der Waals surface area (Å²) in [7, 11) is 2.84. The zero-order valence-corrected chi connectivity index (χ0v) is 11.3. The van der Waals surface area contributed by atoms with Gasteiger partial charge < -0.3 is 4.74 Å². The molecule has 0 N–H and O–H groups in total. The number of amides is 1. The predicted octanol–water partition coefficient (Wildman–Crippen LogP) is 2.80. The molecule has 0 aliphatic rings. The standard InChI is InChI=1S/C12H14ClF2NO3/c1-16(18-2)10(17)4-3-7-19-12-9(14)6-5-8(13)11(12)15/h5-6H,3-4,7H2,1-2H3. The SMILES string of the molecule is CON(C)C(=O)CCCOc1c(F)ccc(Cl)c1F. The van der Waals surface area contributed by atoms with Gasteiger partial charge in [-0.05, 0) is 18.6 Å². The summed E-state index contributed by atoms with van der Waals surface area (Å²) < 4.78 is 31.7. The normalized spacial score (nSPS) is 10.4. The van der Waals surface area contributed by atoms with Gasteiger partial charge in [-0.1, -0.05) is 11.6 Å². The first-order valence-corrected chi connectivity index (χ1v) is 5.92. The summed E-state index contributed by atoms with van der Waals surface area (Å²) in [5, 5.41) is 0.854. The molecular formula is C12H14ClF2NO3. The number of ether oxygens (including phenoxy) is 1. The van der Waals surface area contributed by atoms with E-state index in [0.29, 0.717) is 6.42 Å². The van der Waals surface area contributed by atoms with Gasteiger partial charge in [-0.2, -0.15) is 0 Å². The number of rotatable bonds is 6. The van der Waals surface area contributed by atoms with Crippen molar-refractivity contribution in [2.75, 3.05) is 20.8 Å². The lowest BCUT2D eigenvalue weighted by Crippen LogP contribution is -2.25. The molecule has 19 heavy (non-hydrogen) atoms. The fourth-order valence-corrected chi connectivity index (χ4v) is 1.45. The molecule has 1 aromatic rings. The fraction of sp³-hybridized carbons (Fsp3) is 0.417. The number of benzene rings is 1. The molecule has 0 saturated heterocycles. The van der Waals surface area contributed by atoms with Crippen molar-refractivity contribution in [3.05, 3.63) is 28.8 Å². The van der Waals surface area contributed by atoms with Gasteiger partial charge in [0.1, 0.15) is 0 Å². The third kappa shape index (κ3) is 4.33. The summed E-state index contributed by atoms with van der Waals surface area (Å²) in [4.78, 5) is 16.0. The lowest BCUT2D eigenvalue weighted by atomic mass is 10.3. The summed E-state index contributed by atoms with van der Waals surface area (Å²) in [6, 6.07) is 2.13. The van der Waals surface area contributed by atoms with Crippen LogP contribution in [0.15, 0.2) is 12.1 Å². The van der Waals surface area contributed by atoms with Crippen LogP contribution in [0.2, 0.25) is 5.02 Å². The molecule has 0 spiro atoms. The van der Waals surface area contributed by atoms with Gasteiger partial charge in [0, 0.05) is 13.5 Å². The molecule has 0 unspecified atom stereocenters. The van der Waals surface area contributed by atoms with E-state index in [1.165, 1.54) is 14.2 Å². The maximum Gasteiger partial charge on any atom is 0.245 e. The van der Waals surface area contributed by atoms with E-state index in [9.17, 15) is 13.6 Å². The van der Waals surface area contributed by atoms with E-state index in [4.69, 9.17) is 16.3 Å². The Morgan fingerprint density at radius 1 is 1.42 bits per heavy atom. The molecule has 0 aliphatic carbocycles. The molecule has 106 valence electrons. The molecule has 4 nitrogen and oxygen atoms in total. The number of carbonyl (C=O) groups excluding carboxylic acids is 1. The molecule has 0 atom stereocenters. The van der Waals surface area contributed by atoms with Crippen LogP contribution in [0.5, 0.6) is 5.75 Å². The Bertz CT molecular complexity index is 457. The molecule has 1 rings (SSSR count). The van der Waals surface area contributed by atoms with E-state index in [0.717, 1.165) is 17.2 Å². The second kappa shape index (κ2) is 7.25. The van der Waals surface area contributed by atoms with Crippen molar-refractivity contribution < 1.29 is 23.1 Å². The topological polar surface area (TPSA) is 38.8 Å². The van der Waals surface area contributed by atoms with Crippen molar-refractivity contribution >= 4 is 17.5 Å². The summed E-state index contributed by atoms with van der Waals surface area (Å²) in [5.74, 6) is -2.55. The minimum atomic E-state index is -0.943. The Hall–Kier alpha value is -1.40. The van der Waals surface area contributed by atoms with Crippen LogP contribution in [-0.2, 0) is 9.63 Å². The number of carbonyl (C=O) groups is 1. The van der Waals surface area contributed by atoms with Crippen LogP contribution >= 0.6 is 11.6 Å². The molecule has 0 heterocycles. The van der Waals surface area contributed by atoms with E-state index in [-0.39, 0.29) is 24.0 Å². The van der Waals surface area contributed by atoms with Gasteiger partial charge in [-0.3, -0.25) is 9.63 Å². The van der Waals surface area contributed by atoms with E-state index in [2.05, 4.69) is 4.84 Å². The fourth-order valence-electron chi connectivity index (χ4n) is 1.30. The first-order valence-electron chi connectivity index (χ1n) is 5.54. The molecule has 0 bridgehead atoms. The van der Waals surface area contributed by atoms with Crippen LogP contribution in [0.1, 0.15) is 12.8 Å². The molecule has 1 aromatic carbocycles. The summed E-state index contributed by atoms with van der Waals surface area (Å²) >= 11 is 5.51. The summed E-state index contributed by atoms with van der Waals surface area (Å²) in [6.45, 7) is -0.00250. The Balaban J connectivity index is 2.46. The first-order chi connectivity index (χ1) is 8.97. The summed E-state index contributed by atoms with van der Waals surface area (Å²) in [5.41, 5.74) is 0. The molecule has 0 aromatic heterocycles. The van der Waals surface area contributed by atoms with Crippen molar-refractivity contribution in [2.45, 2.75) is 12.8 Å². The highest BCUT2D eigenvalue weighted by atomic mass is 35.5. The van der Waals surface area contributed by atoms with Crippen molar-refractivity contribution in [1.82, 2.24) is 5.06 Å². The van der Waals surface area contributed by atoms with Crippen LogP contribution in [0.3, 0.4) is 0 Å². The van der Waals surface area contributed by atoms with Crippen molar-refractivity contribution in [1.29, 1.82) is 0 Å². The smallest absolute Gasteiger partial charge is 0.245 e. The molecule has 1 amide bonds. The Morgan fingerprint density at radius 2 is 2.11 bits per heavy atom. The zero-order valence-electron chi connectivity index (χ0n) is 10.6. The lowest BCUT2D eigenvalue weighted by Gasteiger charge is -2.13. The zero-order chi connectivity index (χ0) is 14.4. The maximum absolute atomic E-state index is 13.4. The van der Waals surface area contributed by atoms with Gasteiger partial charge in [0.15, 0.2) is 17.4 Å². The highest BCUT2D eigenvalue weighted by Crippen LogP contribution is 2.27. The van der Waals surface area contributed by atoms with Crippen LogP contribution in [-0.4, -0.2) is 31.7 Å². The van der Waals surface area contributed by atoms with E-state index < -0.39 is 17.4 Å². The second-order valence-corrected chi connectivity index (χ2v) is 4.11. The molecule has 0 radical (unpaired) electrons. The molecule has 0 aliphatic heterocycles. The van der Waals surface area contributed by atoms with Crippen molar-refractivity contribution in [2.24, 2.45) is 0 Å². The average Bonchev–Trinajstić information content (AvgIpc) is 2.41. The average molecular weight is 294 g/mol. The van der Waals surface area contributed by atoms with Crippen LogP contribution in [0, 0.1) is 11.6 Å². The van der Waals surface area contributed by atoms with Gasteiger partial charge in [0.05, 0.1) is 18.7 Å².